The molecule has 0 spiro atoms. The van der Waals surface area contributed by atoms with Crippen LogP contribution in [0, 0.1) is 12.7 Å². The maximum absolute atomic E-state index is 13.4. The van der Waals surface area contributed by atoms with Crippen LogP contribution in [0.25, 0.3) is 0 Å². The van der Waals surface area contributed by atoms with Crippen molar-refractivity contribution < 1.29 is 13.5 Å². The Balaban J connectivity index is 0.00000364. The number of benzene rings is 1. The van der Waals surface area contributed by atoms with Gasteiger partial charge in [-0.1, -0.05) is 12.1 Å². The first kappa shape index (κ1) is 23.4. The first-order valence-electron chi connectivity index (χ1n) is 9.06. The molecule has 150 valence electrons. The minimum Gasteiger partial charge on any atom is -0.469 e. The Hall–Kier alpha value is -1.61. The molecule has 0 aliphatic rings. The minimum atomic E-state index is -0.191. The third kappa shape index (κ3) is 9.23. The van der Waals surface area contributed by atoms with Crippen molar-refractivity contribution in [3.8, 4) is 0 Å². The summed E-state index contributed by atoms with van der Waals surface area (Å²) >= 11 is 0. The van der Waals surface area contributed by atoms with Gasteiger partial charge in [0, 0.05) is 32.7 Å². The van der Waals surface area contributed by atoms with E-state index in [2.05, 4.69) is 15.6 Å². The van der Waals surface area contributed by atoms with Gasteiger partial charge < -0.3 is 19.8 Å². The average molecular weight is 489 g/mol. The third-order valence-corrected chi connectivity index (χ3v) is 3.85. The van der Waals surface area contributed by atoms with E-state index >= 15 is 0 Å². The summed E-state index contributed by atoms with van der Waals surface area (Å²) in [6.07, 6.45) is 3.36. The second-order valence-corrected chi connectivity index (χ2v) is 5.98. The van der Waals surface area contributed by atoms with E-state index in [0.717, 1.165) is 49.9 Å². The van der Waals surface area contributed by atoms with Gasteiger partial charge in [0.2, 0.25) is 0 Å². The van der Waals surface area contributed by atoms with Crippen molar-refractivity contribution in [1.82, 2.24) is 10.6 Å². The van der Waals surface area contributed by atoms with E-state index in [-0.39, 0.29) is 29.8 Å². The third-order valence-electron chi connectivity index (χ3n) is 3.85. The molecule has 0 saturated carbocycles. The zero-order chi connectivity index (χ0) is 18.6. The summed E-state index contributed by atoms with van der Waals surface area (Å²) in [7, 11) is 0. The highest BCUT2D eigenvalue weighted by atomic mass is 127. The van der Waals surface area contributed by atoms with Crippen LogP contribution < -0.4 is 10.6 Å². The summed E-state index contributed by atoms with van der Waals surface area (Å²) in [6.45, 7) is 7.18. The highest BCUT2D eigenvalue weighted by Crippen LogP contribution is 2.10. The summed E-state index contributed by atoms with van der Waals surface area (Å²) in [6, 6.07) is 8.91. The number of aryl methyl sites for hydroxylation is 1. The maximum atomic E-state index is 13.4. The van der Waals surface area contributed by atoms with Gasteiger partial charge in [-0.25, -0.2) is 9.38 Å². The van der Waals surface area contributed by atoms with Crippen molar-refractivity contribution in [2.45, 2.75) is 33.2 Å². The van der Waals surface area contributed by atoms with Crippen LogP contribution in [0.4, 0.5) is 4.39 Å². The Bertz CT molecular complexity index is 678. The first-order chi connectivity index (χ1) is 12.7. The zero-order valence-corrected chi connectivity index (χ0v) is 18.3. The summed E-state index contributed by atoms with van der Waals surface area (Å²) in [5, 5.41) is 6.62. The normalized spacial score (nSPS) is 11.1. The topological polar surface area (TPSA) is 58.8 Å². The number of guanidine groups is 1. The molecule has 2 aromatic rings. The molecule has 0 atom stereocenters. The van der Waals surface area contributed by atoms with Gasteiger partial charge in [0.1, 0.15) is 11.6 Å². The molecule has 1 aromatic carbocycles. The monoisotopic (exact) mass is 489 g/mol. The average Bonchev–Trinajstić information content (AvgIpc) is 3.15. The van der Waals surface area contributed by atoms with Crippen LogP contribution in [0.2, 0.25) is 0 Å². The SMILES string of the molecule is CCOCCCNC(=NCc1ccc(F)c(C)c1)NCCc1ccco1.I. The lowest BCUT2D eigenvalue weighted by molar-refractivity contribution is 0.145. The molecular weight excluding hydrogens is 460 g/mol. The molecule has 0 aliphatic carbocycles. The smallest absolute Gasteiger partial charge is 0.191 e. The van der Waals surface area contributed by atoms with Gasteiger partial charge in [0.05, 0.1) is 12.8 Å². The fourth-order valence-electron chi connectivity index (χ4n) is 2.43. The van der Waals surface area contributed by atoms with Gasteiger partial charge in [-0.15, -0.1) is 24.0 Å². The number of nitrogens with one attached hydrogen (secondary N) is 2. The number of halogens is 2. The van der Waals surface area contributed by atoms with Gasteiger partial charge in [-0.2, -0.15) is 0 Å². The van der Waals surface area contributed by atoms with Gasteiger partial charge in [-0.3, -0.25) is 0 Å². The molecule has 0 radical (unpaired) electrons. The molecule has 2 rings (SSSR count). The van der Waals surface area contributed by atoms with Crippen LogP contribution in [-0.4, -0.2) is 32.3 Å². The summed E-state index contributed by atoms with van der Waals surface area (Å²) in [5.41, 5.74) is 1.61. The van der Waals surface area contributed by atoms with Crippen LogP contribution in [0.5, 0.6) is 0 Å². The number of aliphatic imine (C=N–C) groups is 1. The van der Waals surface area contributed by atoms with E-state index in [1.54, 1.807) is 19.3 Å². The molecule has 0 amide bonds. The lowest BCUT2D eigenvalue weighted by atomic mass is 10.1. The fourth-order valence-corrected chi connectivity index (χ4v) is 2.43. The van der Waals surface area contributed by atoms with E-state index in [0.29, 0.717) is 18.7 Å². The molecule has 0 fully saturated rings. The van der Waals surface area contributed by atoms with Crippen LogP contribution in [0.1, 0.15) is 30.2 Å². The molecular formula is C20H29FIN3O2. The van der Waals surface area contributed by atoms with Gasteiger partial charge >= 0.3 is 0 Å². The Morgan fingerprint density at radius 2 is 2.04 bits per heavy atom. The van der Waals surface area contributed by atoms with Crippen molar-refractivity contribution in [1.29, 1.82) is 0 Å². The second kappa shape index (κ2) is 13.5. The summed E-state index contributed by atoms with van der Waals surface area (Å²) in [4.78, 5) is 4.60. The van der Waals surface area contributed by atoms with E-state index in [4.69, 9.17) is 9.15 Å². The van der Waals surface area contributed by atoms with Crippen LogP contribution in [0.3, 0.4) is 0 Å². The second-order valence-electron chi connectivity index (χ2n) is 5.98. The lowest BCUT2D eigenvalue weighted by Gasteiger charge is -2.12. The molecule has 5 nitrogen and oxygen atoms in total. The molecule has 2 N–H and O–H groups in total. The first-order valence-corrected chi connectivity index (χ1v) is 9.06. The van der Waals surface area contributed by atoms with E-state index in [9.17, 15) is 4.39 Å². The maximum Gasteiger partial charge on any atom is 0.191 e. The van der Waals surface area contributed by atoms with Gasteiger partial charge in [-0.05, 0) is 49.6 Å². The minimum absolute atomic E-state index is 0. The Kier molecular flexibility index (Phi) is 11.8. The molecule has 0 aliphatic heterocycles. The summed E-state index contributed by atoms with van der Waals surface area (Å²) in [5.74, 6) is 1.47. The molecule has 0 unspecified atom stereocenters. The van der Waals surface area contributed by atoms with Crippen molar-refractivity contribution >= 4 is 29.9 Å². The Labute approximate surface area is 177 Å². The van der Waals surface area contributed by atoms with Crippen LogP contribution in [-0.2, 0) is 17.7 Å². The van der Waals surface area contributed by atoms with Crippen molar-refractivity contribution in [2.75, 3.05) is 26.3 Å². The standard InChI is InChI=1S/C20H28FN3O2.HI/c1-3-25-12-5-10-22-20(23-11-9-18-6-4-13-26-18)24-15-17-7-8-19(21)16(2)14-17;/h4,6-8,13-14H,3,5,9-12,15H2,1-2H3,(H2,22,23,24);1H. The highest BCUT2D eigenvalue weighted by Gasteiger charge is 2.02. The van der Waals surface area contributed by atoms with Crippen LogP contribution in [0.15, 0.2) is 46.0 Å². The largest absolute Gasteiger partial charge is 0.469 e. The number of rotatable bonds is 10. The number of furan rings is 1. The number of hydrogen-bond donors (Lipinski definition) is 2. The van der Waals surface area contributed by atoms with Gasteiger partial charge in [0.15, 0.2) is 5.96 Å². The molecule has 0 saturated heterocycles. The highest BCUT2D eigenvalue weighted by molar-refractivity contribution is 14.0. The van der Waals surface area contributed by atoms with E-state index in [1.807, 2.05) is 25.1 Å². The fraction of sp³-hybridized carbons (Fsp3) is 0.450. The Morgan fingerprint density at radius 3 is 2.74 bits per heavy atom. The van der Waals surface area contributed by atoms with Crippen LogP contribution >= 0.6 is 24.0 Å². The predicted molar refractivity (Wildman–Crippen MR) is 117 cm³/mol. The van der Waals surface area contributed by atoms with Crippen molar-refractivity contribution in [3.05, 3.63) is 59.3 Å². The zero-order valence-electron chi connectivity index (χ0n) is 16.0. The van der Waals surface area contributed by atoms with Crippen molar-refractivity contribution in [3.63, 3.8) is 0 Å². The van der Waals surface area contributed by atoms with E-state index < -0.39 is 0 Å². The molecule has 1 heterocycles. The van der Waals surface area contributed by atoms with Crippen molar-refractivity contribution in [2.24, 2.45) is 4.99 Å². The number of nitrogens with zero attached hydrogens (tertiary/aromatic N) is 1. The number of ether oxygens (including phenoxy) is 1. The number of hydrogen-bond acceptors (Lipinski definition) is 3. The van der Waals surface area contributed by atoms with E-state index in [1.165, 1.54) is 6.07 Å². The summed E-state index contributed by atoms with van der Waals surface area (Å²) < 4.78 is 24.1. The quantitative estimate of drug-likeness (QED) is 0.229. The molecule has 7 heteroatoms. The van der Waals surface area contributed by atoms with Gasteiger partial charge in [0.25, 0.3) is 0 Å². The molecule has 0 bridgehead atoms. The predicted octanol–water partition coefficient (Wildman–Crippen LogP) is 4.05. The lowest BCUT2D eigenvalue weighted by Crippen LogP contribution is -2.39. The molecule has 27 heavy (non-hydrogen) atoms. The molecule has 1 aromatic heterocycles. The Morgan fingerprint density at radius 1 is 1.22 bits per heavy atom.